The van der Waals surface area contributed by atoms with E-state index in [-0.39, 0.29) is 11.2 Å². The topological polar surface area (TPSA) is 70.1 Å². The van der Waals surface area contributed by atoms with Crippen molar-refractivity contribution < 1.29 is 0 Å². The smallest absolute Gasteiger partial charge is 0.266 e. The lowest BCUT2D eigenvalue weighted by Gasteiger charge is -1.98. The van der Waals surface area contributed by atoms with Crippen molar-refractivity contribution in [3.8, 4) is 11.1 Å². The second-order valence-electron chi connectivity index (χ2n) is 3.70. The zero-order valence-corrected chi connectivity index (χ0v) is 8.81. The first-order valence-electron chi connectivity index (χ1n) is 5.15. The number of nitrogens with one attached hydrogen (secondary N) is 2. The molecule has 0 bridgehead atoms. The van der Waals surface area contributed by atoms with E-state index in [2.05, 4.69) is 10.2 Å². The van der Waals surface area contributed by atoms with Crippen LogP contribution >= 0.6 is 0 Å². The molecule has 0 aliphatic carbocycles. The van der Waals surface area contributed by atoms with E-state index in [1.54, 1.807) is 12.3 Å². The molecule has 2 heterocycles. The monoisotopic (exact) mass is 227 g/mol. The lowest BCUT2D eigenvalue weighted by Crippen LogP contribution is -2.25. The van der Waals surface area contributed by atoms with Crippen LogP contribution in [0.1, 0.15) is 0 Å². The fourth-order valence-electron chi connectivity index (χ4n) is 1.91. The third-order valence-electron chi connectivity index (χ3n) is 2.69. The molecule has 0 aliphatic rings. The number of fused-ring (bicyclic) bond motifs is 1. The lowest BCUT2D eigenvalue weighted by atomic mass is 10.1. The van der Waals surface area contributed by atoms with E-state index in [0.717, 1.165) is 11.1 Å². The van der Waals surface area contributed by atoms with Gasteiger partial charge in [0.2, 0.25) is 0 Å². The Bertz CT molecular complexity index is 781. The molecule has 2 N–H and O–H groups in total. The summed E-state index contributed by atoms with van der Waals surface area (Å²) in [5.41, 5.74) is 1.35. The van der Waals surface area contributed by atoms with Crippen LogP contribution in [-0.4, -0.2) is 14.6 Å². The maximum atomic E-state index is 11.7. The van der Waals surface area contributed by atoms with Gasteiger partial charge in [-0.2, -0.15) is 0 Å². The number of rotatable bonds is 1. The van der Waals surface area contributed by atoms with Gasteiger partial charge in [-0.25, -0.2) is 9.89 Å². The van der Waals surface area contributed by atoms with Crippen molar-refractivity contribution in [2.45, 2.75) is 0 Å². The number of H-pyrrole nitrogens is 2. The van der Waals surface area contributed by atoms with Gasteiger partial charge in [0.15, 0.2) is 0 Å². The van der Waals surface area contributed by atoms with Gasteiger partial charge in [0.1, 0.15) is 5.52 Å². The molecule has 2 aromatic heterocycles. The second-order valence-corrected chi connectivity index (χ2v) is 3.70. The van der Waals surface area contributed by atoms with Crippen LogP contribution < -0.4 is 11.2 Å². The van der Waals surface area contributed by atoms with Crippen LogP contribution in [0.5, 0.6) is 0 Å². The zero-order valence-electron chi connectivity index (χ0n) is 8.81. The summed E-state index contributed by atoms with van der Waals surface area (Å²) in [7, 11) is 0. The van der Waals surface area contributed by atoms with Crippen molar-refractivity contribution in [3.63, 3.8) is 0 Å². The van der Waals surface area contributed by atoms with E-state index < -0.39 is 0 Å². The largest absolute Gasteiger partial charge is 0.344 e. The minimum atomic E-state index is -0.359. The molecule has 0 spiro atoms. The number of aromatic amines is 2. The SMILES string of the molecule is O=c1[nH][nH]c(=O)n2ccc(-c3ccccc3)c12. The van der Waals surface area contributed by atoms with E-state index >= 15 is 0 Å². The molecule has 0 aliphatic heterocycles. The molecule has 0 fully saturated rings. The lowest BCUT2D eigenvalue weighted by molar-refractivity contribution is 0.866. The molecule has 3 rings (SSSR count). The van der Waals surface area contributed by atoms with Gasteiger partial charge in [-0.05, 0) is 11.6 Å². The molecule has 0 atom stereocenters. The third-order valence-corrected chi connectivity index (χ3v) is 2.69. The first-order valence-corrected chi connectivity index (χ1v) is 5.15. The van der Waals surface area contributed by atoms with Crippen LogP contribution in [0, 0.1) is 0 Å². The van der Waals surface area contributed by atoms with Gasteiger partial charge >= 0.3 is 5.69 Å². The Morgan fingerprint density at radius 3 is 2.47 bits per heavy atom. The van der Waals surface area contributed by atoms with E-state index in [0.29, 0.717) is 5.52 Å². The molecule has 0 radical (unpaired) electrons. The van der Waals surface area contributed by atoms with Crippen molar-refractivity contribution in [2.75, 3.05) is 0 Å². The quantitative estimate of drug-likeness (QED) is 0.650. The van der Waals surface area contributed by atoms with Gasteiger partial charge in [0.25, 0.3) is 5.56 Å². The Labute approximate surface area is 95.3 Å². The van der Waals surface area contributed by atoms with Crippen LogP contribution in [0.4, 0.5) is 0 Å². The average Bonchev–Trinajstić information content (AvgIpc) is 2.81. The number of hydrogen-bond acceptors (Lipinski definition) is 2. The minimum Gasteiger partial charge on any atom is -0.266 e. The Kier molecular flexibility index (Phi) is 1.98. The summed E-state index contributed by atoms with van der Waals surface area (Å²) < 4.78 is 1.31. The predicted molar refractivity (Wildman–Crippen MR) is 64.1 cm³/mol. The van der Waals surface area contributed by atoms with Crippen LogP contribution in [-0.2, 0) is 0 Å². The normalized spacial score (nSPS) is 10.8. The van der Waals surface area contributed by atoms with Crippen LogP contribution in [0.2, 0.25) is 0 Å². The summed E-state index contributed by atoms with van der Waals surface area (Å²) in [4.78, 5) is 23.3. The molecule has 0 saturated carbocycles. The molecule has 0 saturated heterocycles. The van der Waals surface area contributed by atoms with E-state index in [1.807, 2.05) is 30.3 Å². The molecule has 0 unspecified atom stereocenters. The van der Waals surface area contributed by atoms with E-state index in [9.17, 15) is 9.59 Å². The van der Waals surface area contributed by atoms with Crippen molar-refractivity contribution in [2.24, 2.45) is 0 Å². The van der Waals surface area contributed by atoms with Crippen LogP contribution in [0.25, 0.3) is 16.6 Å². The van der Waals surface area contributed by atoms with Gasteiger partial charge in [0, 0.05) is 11.8 Å². The highest BCUT2D eigenvalue weighted by atomic mass is 16.2. The summed E-state index contributed by atoms with van der Waals surface area (Å²) >= 11 is 0. The van der Waals surface area contributed by atoms with Gasteiger partial charge in [-0.15, -0.1) is 0 Å². The second kappa shape index (κ2) is 3.48. The van der Waals surface area contributed by atoms with E-state index in [1.165, 1.54) is 4.40 Å². The van der Waals surface area contributed by atoms with Crippen LogP contribution in [0.3, 0.4) is 0 Å². The number of aromatic nitrogens is 3. The standard InChI is InChI=1S/C12H9N3O2/c16-11-10-9(8-4-2-1-3-5-8)6-7-15(10)12(17)14-13-11/h1-7H,(H,13,16)(H,14,17). The highest BCUT2D eigenvalue weighted by molar-refractivity contribution is 5.80. The fraction of sp³-hybridized carbons (Fsp3) is 0. The van der Waals surface area contributed by atoms with Gasteiger partial charge in [-0.1, -0.05) is 30.3 Å². The first kappa shape index (κ1) is 9.65. The summed E-state index contributed by atoms with van der Waals surface area (Å²) in [5, 5.41) is 4.60. The van der Waals surface area contributed by atoms with Crippen molar-refractivity contribution in [1.29, 1.82) is 0 Å². The maximum Gasteiger partial charge on any atom is 0.344 e. The summed E-state index contributed by atoms with van der Waals surface area (Å²) in [6.45, 7) is 0. The molecule has 84 valence electrons. The Morgan fingerprint density at radius 1 is 0.941 bits per heavy atom. The highest BCUT2D eigenvalue weighted by Gasteiger charge is 2.09. The minimum absolute atomic E-state index is 0.312. The maximum absolute atomic E-state index is 11.7. The van der Waals surface area contributed by atoms with Crippen molar-refractivity contribution in [1.82, 2.24) is 14.6 Å². The van der Waals surface area contributed by atoms with Crippen molar-refractivity contribution in [3.05, 3.63) is 63.4 Å². The molecule has 5 heteroatoms. The Morgan fingerprint density at radius 2 is 1.71 bits per heavy atom. The van der Waals surface area contributed by atoms with E-state index in [4.69, 9.17) is 0 Å². The summed E-state index contributed by atoms with van der Waals surface area (Å²) in [6, 6.07) is 11.2. The molecule has 5 nitrogen and oxygen atoms in total. The third kappa shape index (κ3) is 1.40. The fourth-order valence-corrected chi connectivity index (χ4v) is 1.91. The highest BCUT2D eigenvalue weighted by Crippen LogP contribution is 2.21. The number of benzene rings is 1. The molecule has 17 heavy (non-hydrogen) atoms. The zero-order chi connectivity index (χ0) is 11.8. The predicted octanol–water partition coefficient (Wildman–Crippen LogP) is 0.983. The Hall–Kier alpha value is -2.56. The number of hydrogen-bond donors (Lipinski definition) is 2. The molecule has 1 aromatic carbocycles. The summed E-state index contributed by atoms with van der Waals surface area (Å²) in [5.74, 6) is 0. The summed E-state index contributed by atoms with van der Waals surface area (Å²) in [6.07, 6.45) is 1.59. The average molecular weight is 227 g/mol. The molecule has 3 aromatic rings. The van der Waals surface area contributed by atoms with Crippen molar-refractivity contribution >= 4 is 5.52 Å². The molecular weight excluding hydrogens is 218 g/mol. The van der Waals surface area contributed by atoms with Gasteiger partial charge in [-0.3, -0.25) is 14.3 Å². The van der Waals surface area contributed by atoms with Gasteiger partial charge < -0.3 is 0 Å². The molecular formula is C12H9N3O2. The Balaban J connectivity index is 2.44. The number of nitrogens with zero attached hydrogens (tertiary/aromatic N) is 1. The van der Waals surface area contributed by atoms with Gasteiger partial charge in [0.05, 0.1) is 0 Å². The molecule has 0 amide bonds. The first-order chi connectivity index (χ1) is 8.27. The van der Waals surface area contributed by atoms with Crippen LogP contribution in [0.15, 0.2) is 52.2 Å².